The van der Waals surface area contributed by atoms with E-state index >= 15 is 0 Å². The monoisotopic (exact) mass is 297 g/mol. The van der Waals surface area contributed by atoms with Gasteiger partial charge in [-0.15, -0.1) is 0 Å². The van der Waals surface area contributed by atoms with E-state index in [1.54, 1.807) is 0 Å². The Balaban J connectivity index is 2.44. The second-order valence-electron chi connectivity index (χ2n) is 6.83. The highest BCUT2D eigenvalue weighted by atomic mass is 16.2. The van der Waals surface area contributed by atoms with Gasteiger partial charge in [0, 0.05) is 31.6 Å². The quantitative estimate of drug-likeness (QED) is 0.777. The first kappa shape index (κ1) is 18.0. The van der Waals surface area contributed by atoms with Crippen LogP contribution >= 0.6 is 0 Å². The van der Waals surface area contributed by atoms with Gasteiger partial charge in [-0.2, -0.15) is 0 Å². The first-order valence-electron chi connectivity index (χ1n) is 8.14. The van der Waals surface area contributed by atoms with Gasteiger partial charge < -0.3 is 16.0 Å². The van der Waals surface area contributed by atoms with E-state index in [-0.39, 0.29) is 29.7 Å². The first-order chi connectivity index (χ1) is 9.85. The van der Waals surface area contributed by atoms with E-state index in [4.69, 9.17) is 5.73 Å². The highest BCUT2D eigenvalue weighted by Crippen LogP contribution is 2.18. The number of amides is 2. The molecule has 0 bridgehead atoms. The molecule has 21 heavy (non-hydrogen) atoms. The van der Waals surface area contributed by atoms with Gasteiger partial charge in [-0.05, 0) is 25.2 Å². The molecule has 0 spiro atoms. The summed E-state index contributed by atoms with van der Waals surface area (Å²) in [5, 5.41) is 3.05. The fraction of sp³-hybridized carbons (Fsp3) is 0.875. The minimum Gasteiger partial charge on any atom is -0.353 e. The molecule has 1 heterocycles. The molecule has 0 saturated carbocycles. The Morgan fingerprint density at radius 2 is 1.76 bits per heavy atom. The standard InChI is InChI=1S/C16H31N3O2/c1-11(2)9-13(10-17)16(21)19-7-5-14(6-8-19)18-15(20)12(3)4/h11-14H,5-10,17H2,1-4H3,(H,18,20). The van der Waals surface area contributed by atoms with E-state index in [2.05, 4.69) is 19.2 Å². The number of rotatable bonds is 6. The second-order valence-corrected chi connectivity index (χ2v) is 6.83. The fourth-order valence-electron chi connectivity index (χ4n) is 2.74. The van der Waals surface area contributed by atoms with Crippen LogP contribution < -0.4 is 11.1 Å². The van der Waals surface area contributed by atoms with Crippen LogP contribution in [0, 0.1) is 17.8 Å². The van der Waals surface area contributed by atoms with Crippen LogP contribution in [0.25, 0.3) is 0 Å². The molecule has 5 heteroatoms. The molecule has 1 fully saturated rings. The molecule has 122 valence electrons. The van der Waals surface area contributed by atoms with Gasteiger partial charge in [0.2, 0.25) is 11.8 Å². The maximum Gasteiger partial charge on any atom is 0.226 e. The molecule has 1 unspecified atom stereocenters. The molecular weight excluding hydrogens is 266 g/mol. The molecule has 1 saturated heterocycles. The molecule has 5 nitrogen and oxygen atoms in total. The van der Waals surface area contributed by atoms with Crippen LogP contribution in [0.3, 0.4) is 0 Å². The van der Waals surface area contributed by atoms with Crippen LogP contribution in [0.2, 0.25) is 0 Å². The zero-order valence-electron chi connectivity index (χ0n) is 13.9. The fourth-order valence-corrected chi connectivity index (χ4v) is 2.74. The predicted molar refractivity (Wildman–Crippen MR) is 84.6 cm³/mol. The lowest BCUT2D eigenvalue weighted by molar-refractivity contribution is -0.137. The van der Waals surface area contributed by atoms with E-state index in [9.17, 15) is 9.59 Å². The van der Waals surface area contributed by atoms with E-state index in [0.29, 0.717) is 12.5 Å². The maximum atomic E-state index is 12.5. The van der Waals surface area contributed by atoms with Crippen molar-refractivity contribution in [3.05, 3.63) is 0 Å². The Hall–Kier alpha value is -1.10. The van der Waals surface area contributed by atoms with Crippen molar-refractivity contribution < 1.29 is 9.59 Å². The van der Waals surface area contributed by atoms with Crippen molar-refractivity contribution in [2.45, 2.75) is 53.0 Å². The lowest BCUT2D eigenvalue weighted by Crippen LogP contribution is -2.49. The molecule has 3 N–H and O–H groups in total. The van der Waals surface area contributed by atoms with Crippen LogP contribution in [0.4, 0.5) is 0 Å². The van der Waals surface area contributed by atoms with Gasteiger partial charge in [0.15, 0.2) is 0 Å². The summed E-state index contributed by atoms with van der Waals surface area (Å²) >= 11 is 0. The SMILES string of the molecule is CC(C)CC(CN)C(=O)N1CCC(NC(=O)C(C)C)CC1. The minimum atomic E-state index is -0.0631. The minimum absolute atomic E-state index is 0.0114. The summed E-state index contributed by atoms with van der Waals surface area (Å²) in [5.41, 5.74) is 5.75. The topological polar surface area (TPSA) is 75.4 Å². The summed E-state index contributed by atoms with van der Waals surface area (Å²) in [7, 11) is 0. The van der Waals surface area contributed by atoms with Gasteiger partial charge in [-0.1, -0.05) is 27.7 Å². The van der Waals surface area contributed by atoms with Gasteiger partial charge in [0.05, 0.1) is 5.92 Å². The summed E-state index contributed by atoms with van der Waals surface area (Å²) in [4.78, 5) is 26.1. The molecule has 1 aliphatic rings. The number of likely N-dealkylation sites (tertiary alicyclic amines) is 1. The Morgan fingerprint density at radius 1 is 1.19 bits per heavy atom. The van der Waals surface area contributed by atoms with Gasteiger partial charge >= 0.3 is 0 Å². The first-order valence-corrected chi connectivity index (χ1v) is 8.14. The van der Waals surface area contributed by atoms with Crippen LogP contribution in [0.1, 0.15) is 47.0 Å². The van der Waals surface area contributed by atoms with E-state index < -0.39 is 0 Å². The van der Waals surface area contributed by atoms with E-state index in [1.165, 1.54) is 0 Å². The number of nitrogens with two attached hydrogens (primary N) is 1. The number of carbonyl (C=O) groups excluding carboxylic acids is 2. The van der Waals surface area contributed by atoms with Gasteiger partial charge in [-0.25, -0.2) is 0 Å². The average Bonchev–Trinajstić information content (AvgIpc) is 2.44. The normalized spacial score (nSPS) is 18.1. The third-order valence-corrected chi connectivity index (χ3v) is 4.07. The van der Waals surface area contributed by atoms with E-state index in [1.807, 2.05) is 18.7 Å². The Morgan fingerprint density at radius 3 is 2.19 bits per heavy atom. The Kier molecular flexibility index (Phi) is 7.15. The lowest BCUT2D eigenvalue weighted by Gasteiger charge is -2.35. The van der Waals surface area contributed by atoms with Crippen LogP contribution in [-0.4, -0.2) is 42.4 Å². The second kappa shape index (κ2) is 8.37. The number of carbonyl (C=O) groups is 2. The van der Waals surface area contributed by atoms with Gasteiger partial charge in [-0.3, -0.25) is 9.59 Å². The highest BCUT2D eigenvalue weighted by molar-refractivity contribution is 5.79. The number of hydrogen-bond donors (Lipinski definition) is 2. The third-order valence-electron chi connectivity index (χ3n) is 4.07. The predicted octanol–water partition coefficient (Wildman–Crippen LogP) is 1.37. The van der Waals surface area contributed by atoms with Crippen molar-refractivity contribution in [1.82, 2.24) is 10.2 Å². The molecule has 0 radical (unpaired) electrons. The number of nitrogens with zero attached hydrogens (tertiary/aromatic N) is 1. The maximum absolute atomic E-state index is 12.5. The third kappa shape index (κ3) is 5.65. The molecule has 2 amide bonds. The van der Waals surface area contributed by atoms with Crippen molar-refractivity contribution in [2.24, 2.45) is 23.5 Å². The van der Waals surface area contributed by atoms with Crippen molar-refractivity contribution in [1.29, 1.82) is 0 Å². The number of nitrogens with one attached hydrogen (secondary N) is 1. The molecule has 1 aliphatic heterocycles. The number of piperidine rings is 1. The van der Waals surface area contributed by atoms with Crippen molar-refractivity contribution >= 4 is 11.8 Å². The van der Waals surface area contributed by atoms with E-state index in [0.717, 1.165) is 32.4 Å². The zero-order valence-corrected chi connectivity index (χ0v) is 13.9. The molecule has 0 aliphatic carbocycles. The van der Waals surface area contributed by atoms with Gasteiger partial charge in [0.25, 0.3) is 0 Å². The molecule has 0 aromatic rings. The van der Waals surface area contributed by atoms with Crippen LogP contribution in [0.5, 0.6) is 0 Å². The number of hydrogen-bond acceptors (Lipinski definition) is 3. The Bertz CT molecular complexity index is 347. The van der Waals surface area contributed by atoms with Crippen molar-refractivity contribution in [2.75, 3.05) is 19.6 Å². The summed E-state index contributed by atoms with van der Waals surface area (Å²) in [6.45, 7) is 9.87. The smallest absolute Gasteiger partial charge is 0.226 e. The van der Waals surface area contributed by atoms with Crippen molar-refractivity contribution in [3.63, 3.8) is 0 Å². The lowest BCUT2D eigenvalue weighted by atomic mass is 9.94. The Labute approximate surface area is 128 Å². The molecular formula is C16H31N3O2. The summed E-state index contributed by atoms with van der Waals surface area (Å²) in [5.74, 6) is 0.703. The van der Waals surface area contributed by atoms with Crippen molar-refractivity contribution in [3.8, 4) is 0 Å². The largest absolute Gasteiger partial charge is 0.353 e. The zero-order chi connectivity index (χ0) is 16.0. The average molecular weight is 297 g/mol. The summed E-state index contributed by atoms with van der Waals surface area (Å²) in [6.07, 6.45) is 2.52. The van der Waals surface area contributed by atoms with Crippen LogP contribution in [-0.2, 0) is 9.59 Å². The van der Waals surface area contributed by atoms with Crippen LogP contribution in [0.15, 0.2) is 0 Å². The summed E-state index contributed by atoms with van der Waals surface area (Å²) < 4.78 is 0. The molecule has 1 rings (SSSR count). The molecule has 0 aromatic heterocycles. The molecule has 0 aromatic carbocycles. The van der Waals surface area contributed by atoms with Gasteiger partial charge in [0.1, 0.15) is 0 Å². The summed E-state index contributed by atoms with van der Waals surface area (Å²) in [6, 6.07) is 0.199. The highest BCUT2D eigenvalue weighted by Gasteiger charge is 2.28. The molecule has 1 atom stereocenters.